The fourth-order valence-electron chi connectivity index (χ4n) is 3.17. The van der Waals surface area contributed by atoms with Gasteiger partial charge in [0.25, 0.3) is 0 Å². The second-order valence-corrected chi connectivity index (χ2v) is 8.11. The normalized spacial score (nSPS) is 11.7. The summed E-state index contributed by atoms with van der Waals surface area (Å²) < 4.78 is 66.5. The van der Waals surface area contributed by atoms with Crippen molar-refractivity contribution in [2.24, 2.45) is 0 Å². The van der Waals surface area contributed by atoms with E-state index in [0.717, 1.165) is 6.07 Å². The highest BCUT2D eigenvalue weighted by atomic mass is 79.9. The molecule has 0 aliphatic heterocycles. The van der Waals surface area contributed by atoms with Crippen LogP contribution in [0, 0.1) is 5.82 Å². The van der Waals surface area contributed by atoms with E-state index < -0.39 is 28.7 Å². The first-order valence-electron chi connectivity index (χ1n) is 9.15. The number of hydrogen-bond donors (Lipinski definition) is 0. The molecule has 0 bridgehead atoms. The number of rotatable bonds is 4. The second kappa shape index (κ2) is 8.60. The summed E-state index contributed by atoms with van der Waals surface area (Å²) in [5.74, 6) is -1.90. The molecule has 164 valence electrons. The zero-order chi connectivity index (χ0) is 23.0. The molecule has 3 nitrogen and oxygen atoms in total. The lowest BCUT2D eigenvalue weighted by molar-refractivity contribution is -0.152. The minimum atomic E-state index is -4.91. The quantitative estimate of drug-likeness (QED) is 0.256. The SMILES string of the molecule is O=c1c(-c2ccc(Br)cc2)c(C(F)(F)F)oc2cc(OCc3c(F)cccc3Cl)ccc12. The predicted molar refractivity (Wildman–Crippen MR) is 116 cm³/mol. The van der Waals surface area contributed by atoms with Gasteiger partial charge in [0, 0.05) is 16.1 Å². The first kappa shape index (κ1) is 22.4. The van der Waals surface area contributed by atoms with Crippen LogP contribution >= 0.6 is 27.5 Å². The van der Waals surface area contributed by atoms with Gasteiger partial charge in [0.05, 0.1) is 16.0 Å². The van der Waals surface area contributed by atoms with E-state index in [-0.39, 0.29) is 39.5 Å². The number of halogens is 6. The van der Waals surface area contributed by atoms with Crippen LogP contribution in [0.5, 0.6) is 5.75 Å². The summed E-state index contributed by atoms with van der Waals surface area (Å²) in [6.07, 6.45) is -4.91. The van der Waals surface area contributed by atoms with Gasteiger partial charge in [-0.25, -0.2) is 4.39 Å². The molecule has 0 amide bonds. The van der Waals surface area contributed by atoms with Gasteiger partial charge in [-0.2, -0.15) is 13.2 Å². The number of hydrogen-bond acceptors (Lipinski definition) is 3. The molecule has 0 aliphatic rings. The maximum Gasteiger partial charge on any atom is 0.450 e. The Kier molecular flexibility index (Phi) is 6.01. The molecule has 0 saturated heterocycles. The van der Waals surface area contributed by atoms with E-state index >= 15 is 0 Å². The van der Waals surface area contributed by atoms with E-state index in [1.165, 1.54) is 54.6 Å². The number of fused-ring (bicyclic) bond motifs is 1. The molecular formula is C23H12BrClF4O3. The van der Waals surface area contributed by atoms with Crippen LogP contribution in [0.2, 0.25) is 5.02 Å². The van der Waals surface area contributed by atoms with Gasteiger partial charge >= 0.3 is 6.18 Å². The van der Waals surface area contributed by atoms with Gasteiger partial charge in [-0.05, 0) is 42.0 Å². The molecule has 1 heterocycles. The molecule has 0 fully saturated rings. The van der Waals surface area contributed by atoms with Crippen LogP contribution in [0.15, 0.2) is 74.3 Å². The summed E-state index contributed by atoms with van der Waals surface area (Å²) in [6.45, 7) is -0.260. The lowest BCUT2D eigenvalue weighted by Crippen LogP contribution is -2.16. The smallest absolute Gasteiger partial charge is 0.450 e. The molecule has 0 atom stereocenters. The average Bonchev–Trinajstić information content (AvgIpc) is 2.73. The van der Waals surface area contributed by atoms with Crippen molar-refractivity contribution in [2.75, 3.05) is 0 Å². The molecule has 0 unspecified atom stereocenters. The highest BCUT2D eigenvalue weighted by Gasteiger charge is 2.39. The van der Waals surface area contributed by atoms with Gasteiger partial charge in [-0.3, -0.25) is 4.79 Å². The highest BCUT2D eigenvalue weighted by molar-refractivity contribution is 9.10. The Hall–Kier alpha value is -2.84. The van der Waals surface area contributed by atoms with Crippen LogP contribution in [0.3, 0.4) is 0 Å². The van der Waals surface area contributed by atoms with Gasteiger partial charge in [0.1, 0.15) is 23.8 Å². The molecule has 9 heteroatoms. The van der Waals surface area contributed by atoms with Gasteiger partial charge in [-0.15, -0.1) is 0 Å². The lowest BCUT2D eigenvalue weighted by Gasteiger charge is -2.14. The third-order valence-electron chi connectivity index (χ3n) is 4.70. The maximum absolute atomic E-state index is 13.9. The minimum absolute atomic E-state index is 0.0489. The van der Waals surface area contributed by atoms with E-state index in [0.29, 0.717) is 4.47 Å². The van der Waals surface area contributed by atoms with E-state index in [4.69, 9.17) is 20.8 Å². The van der Waals surface area contributed by atoms with E-state index in [1.54, 1.807) is 0 Å². The topological polar surface area (TPSA) is 39.4 Å². The zero-order valence-electron chi connectivity index (χ0n) is 16.0. The Bertz CT molecular complexity index is 1340. The van der Waals surface area contributed by atoms with Crippen molar-refractivity contribution in [1.82, 2.24) is 0 Å². The van der Waals surface area contributed by atoms with Crippen molar-refractivity contribution in [3.8, 4) is 16.9 Å². The summed E-state index contributed by atoms with van der Waals surface area (Å²) in [5, 5.41) is 0.100. The molecule has 0 spiro atoms. The number of ether oxygens (including phenoxy) is 1. The van der Waals surface area contributed by atoms with Crippen LogP contribution in [-0.2, 0) is 12.8 Å². The van der Waals surface area contributed by atoms with E-state index in [2.05, 4.69) is 15.9 Å². The third-order valence-corrected chi connectivity index (χ3v) is 5.58. The largest absolute Gasteiger partial charge is 0.489 e. The Labute approximate surface area is 192 Å². The number of alkyl halides is 3. The Morgan fingerprint density at radius 2 is 1.75 bits per heavy atom. The summed E-state index contributed by atoms with van der Waals surface area (Å²) in [4.78, 5) is 13.0. The first-order chi connectivity index (χ1) is 15.1. The van der Waals surface area contributed by atoms with Crippen LogP contribution in [-0.4, -0.2) is 0 Å². The molecule has 3 aromatic carbocycles. The second-order valence-electron chi connectivity index (χ2n) is 6.79. The molecule has 4 rings (SSSR count). The summed E-state index contributed by atoms with van der Waals surface area (Å²) in [6, 6.07) is 13.9. The van der Waals surface area contributed by atoms with Crippen LogP contribution in [0.25, 0.3) is 22.1 Å². The summed E-state index contributed by atoms with van der Waals surface area (Å²) in [7, 11) is 0. The molecule has 0 saturated carbocycles. The standard InChI is InChI=1S/C23H12BrClF4O3/c24-13-6-4-12(5-7-13)20-21(30)15-9-8-14(10-19(15)32-22(20)23(27,28)29)31-11-16-17(25)2-1-3-18(16)26/h1-10H,11H2. The molecule has 0 aliphatic carbocycles. The molecular weight excluding hydrogens is 516 g/mol. The van der Waals surface area contributed by atoms with Crippen molar-refractivity contribution >= 4 is 38.5 Å². The Morgan fingerprint density at radius 3 is 2.41 bits per heavy atom. The van der Waals surface area contributed by atoms with Crippen LogP contribution < -0.4 is 10.2 Å². The monoisotopic (exact) mass is 526 g/mol. The van der Waals surface area contributed by atoms with Crippen molar-refractivity contribution in [3.05, 3.63) is 97.5 Å². The minimum Gasteiger partial charge on any atom is -0.489 e. The van der Waals surface area contributed by atoms with E-state index in [1.807, 2.05) is 0 Å². The Balaban J connectivity index is 1.79. The van der Waals surface area contributed by atoms with Crippen molar-refractivity contribution < 1.29 is 26.7 Å². The van der Waals surface area contributed by atoms with Crippen LogP contribution in [0.4, 0.5) is 17.6 Å². The van der Waals surface area contributed by atoms with Crippen LogP contribution in [0.1, 0.15) is 11.3 Å². The summed E-state index contributed by atoms with van der Waals surface area (Å²) >= 11 is 9.17. The van der Waals surface area contributed by atoms with Crippen molar-refractivity contribution in [2.45, 2.75) is 12.8 Å². The van der Waals surface area contributed by atoms with Gasteiger partial charge < -0.3 is 9.15 Å². The fraction of sp³-hybridized carbons (Fsp3) is 0.0870. The van der Waals surface area contributed by atoms with Crippen molar-refractivity contribution in [1.29, 1.82) is 0 Å². The molecule has 0 N–H and O–H groups in total. The predicted octanol–water partition coefficient (Wildman–Crippen LogP) is 7.61. The van der Waals surface area contributed by atoms with Gasteiger partial charge in [-0.1, -0.05) is 45.7 Å². The van der Waals surface area contributed by atoms with Gasteiger partial charge in [0.15, 0.2) is 0 Å². The Morgan fingerprint density at radius 1 is 1.03 bits per heavy atom. The molecule has 32 heavy (non-hydrogen) atoms. The first-order valence-corrected chi connectivity index (χ1v) is 10.3. The summed E-state index contributed by atoms with van der Waals surface area (Å²) in [5.41, 5.74) is -1.54. The van der Waals surface area contributed by atoms with Gasteiger partial charge in [0.2, 0.25) is 11.2 Å². The molecule has 1 aromatic heterocycles. The fourth-order valence-corrected chi connectivity index (χ4v) is 3.65. The zero-order valence-corrected chi connectivity index (χ0v) is 18.3. The third kappa shape index (κ3) is 4.38. The molecule has 4 aromatic rings. The van der Waals surface area contributed by atoms with Crippen molar-refractivity contribution in [3.63, 3.8) is 0 Å². The average molecular weight is 528 g/mol. The maximum atomic E-state index is 13.9. The number of benzene rings is 3. The molecule has 0 radical (unpaired) electrons. The lowest BCUT2D eigenvalue weighted by atomic mass is 10.0. The van der Waals surface area contributed by atoms with E-state index in [9.17, 15) is 22.4 Å². The highest BCUT2D eigenvalue weighted by Crippen LogP contribution is 2.38.